The summed E-state index contributed by atoms with van der Waals surface area (Å²) in [6, 6.07) is 0. The van der Waals surface area contributed by atoms with Crippen molar-refractivity contribution in [2.45, 2.75) is 79.8 Å². The molecule has 98 valence electrons. The molecule has 0 aliphatic heterocycles. The van der Waals surface area contributed by atoms with Crippen molar-refractivity contribution < 1.29 is 20.3 Å². The molecule has 0 aliphatic carbocycles. The molecule has 0 bridgehead atoms. The Morgan fingerprint density at radius 3 is 1.06 bits per heavy atom. The zero-order valence-corrected chi connectivity index (χ0v) is 13.6. The Bertz CT molecular complexity index is 132. The second kappa shape index (κ2) is 11.7. The van der Waals surface area contributed by atoms with Gasteiger partial charge in [-0.05, 0) is 17.8 Å². The van der Waals surface area contributed by atoms with Gasteiger partial charge in [0.1, 0.15) is 6.71 Å². The van der Waals surface area contributed by atoms with Crippen LogP contribution in [0.5, 0.6) is 0 Å². The van der Waals surface area contributed by atoms with Crippen LogP contribution in [0.15, 0.2) is 0 Å². The van der Waals surface area contributed by atoms with Gasteiger partial charge in [-0.1, -0.05) is 79.8 Å². The molecule has 0 unspecified atom stereocenters. The van der Waals surface area contributed by atoms with E-state index < -0.39 is 0 Å². The number of hydrogen-bond acceptors (Lipinski definition) is 0. The van der Waals surface area contributed by atoms with E-state index in [0.29, 0.717) is 0 Å². The van der Waals surface area contributed by atoms with Crippen molar-refractivity contribution >= 4 is 6.71 Å². The van der Waals surface area contributed by atoms with Gasteiger partial charge in [0.2, 0.25) is 0 Å². The van der Waals surface area contributed by atoms with E-state index in [-0.39, 0.29) is 20.3 Å². The van der Waals surface area contributed by atoms with Crippen LogP contribution in [-0.4, -0.2) is 6.71 Å². The van der Waals surface area contributed by atoms with E-state index in [4.69, 9.17) is 0 Å². The van der Waals surface area contributed by atoms with Gasteiger partial charge in [0.15, 0.2) is 0 Å². The van der Waals surface area contributed by atoms with E-state index in [1.807, 2.05) is 0 Å². The van der Waals surface area contributed by atoms with Crippen LogP contribution in [0.25, 0.3) is 0 Å². The first kappa shape index (κ1) is 20.0. The van der Waals surface area contributed by atoms with Crippen LogP contribution < -0.4 is 18.9 Å². The van der Waals surface area contributed by atoms with E-state index in [1.54, 1.807) is 0 Å². The first-order valence-corrected chi connectivity index (χ1v) is 7.41. The SMILES string of the molecule is CC(C)CCB(CCC(C)C)CCC(C)C.[H-].[Li+]. The predicted octanol–water partition coefficient (Wildman–Crippen LogP) is 2.74. The van der Waals surface area contributed by atoms with Crippen LogP contribution in [0.3, 0.4) is 0 Å². The summed E-state index contributed by atoms with van der Waals surface area (Å²) < 4.78 is 0. The van der Waals surface area contributed by atoms with Crippen molar-refractivity contribution in [2.75, 3.05) is 0 Å². The summed E-state index contributed by atoms with van der Waals surface area (Å²) in [6.45, 7) is 15.1. The minimum absolute atomic E-state index is 0. The molecule has 0 atom stereocenters. The maximum atomic E-state index is 2.35. The second-order valence-corrected chi connectivity index (χ2v) is 6.78. The van der Waals surface area contributed by atoms with Gasteiger partial charge in [-0.15, -0.1) is 0 Å². The quantitative estimate of drug-likeness (QED) is 0.536. The van der Waals surface area contributed by atoms with Crippen LogP contribution in [0, 0.1) is 17.8 Å². The van der Waals surface area contributed by atoms with E-state index in [0.717, 1.165) is 24.5 Å². The van der Waals surface area contributed by atoms with E-state index in [1.165, 1.54) is 38.2 Å². The van der Waals surface area contributed by atoms with Crippen LogP contribution >= 0.6 is 0 Å². The van der Waals surface area contributed by atoms with Gasteiger partial charge in [-0.3, -0.25) is 0 Å². The van der Waals surface area contributed by atoms with Crippen molar-refractivity contribution in [1.82, 2.24) is 0 Å². The van der Waals surface area contributed by atoms with Gasteiger partial charge >= 0.3 is 18.9 Å². The molecule has 0 aromatic heterocycles. The topological polar surface area (TPSA) is 0 Å². The molecule has 0 fully saturated rings. The summed E-state index contributed by atoms with van der Waals surface area (Å²) in [4.78, 5) is 0. The van der Waals surface area contributed by atoms with Gasteiger partial charge in [0.25, 0.3) is 0 Å². The van der Waals surface area contributed by atoms with Crippen LogP contribution in [0.2, 0.25) is 19.0 Å². The molecule has 0 heterocycles. The van der Waals surface area contributed by atoms with Gasteiger partial charge in [-0.2, -0.15) is 0 Å². The molecule has 0 N–H and O–H groups in total. The molecule has 2 heteroatoms. The van der Waals surface area contributed by atoms with Crippen molar-refractivity contribution in [3.8, 4) is 0 Å². The van der Waals surface area contributed by atoms with Crippen LogP contribution in [0.4, 0.5) is 0 Å². The monoisotopic (exact) mass is 232 g/mol. The molecular formula is C15H34BLi. The Morgan fingerprint density at radius 1 is 0.647 bits per heavy atom. The molecule has 0 aromatic rings. The third kappa shape index (κ3) is 14.6. The summed E-state index contributed by atoms with van der Waals surface area (Å²) in [5.41, 5.74) is 0. The fourth-order valence-corrected chi connectivity index (χ4v) is 2.14. The Labute approximate surface area is 124 Å². The molecule has 0 nitrogen and oxygen atoms in total. The molecule has 0 aromatic carbocycles. The number of rotatable bonds is 9. The minimum Gasteiger partial charge on any atom is -1.00 e. The van der Waals surface area contributed by atoms with E-state index in [9.17, 15) is 0 Å². The standard InChI is InChI=1S/C15H33B.Li.H/c1-13(2)7-10-16(11-8-14(3)4)12-9-15(5)6;;/h13-15H,7-12H2,1-6H3;;/q;+1;-1. The predicted molar refractivity (Wildman–Crippen MR) is 79.7 cm³/mol. The first-order valence-electron chi connectivity index (χ1n) is 7.41. The van der Waals surface area contributed by atoms with Crippen LogP contribution in [-0.2, 0) is 0 Å². The number of hydrogen-bond donors (Lipinski definition) is 0. The summed E-state index contributed by atoms with van der Waals surface area (Å²) in [5, 5.41) is 0. The largest absolute Gasteiger partial charge is 1.00 e. The zero-order chi connectivity index (χ0) is 12.6. The van der Waals surface area contributed by atoms with Crippen molar-refractivity contribution in [3.63, 3.8) is 0 Å². The minimum atomic E-state index is 0. The first-order chi connectivity index (χ1) is 7.41. The molecule has 0 saturated carbocycles. The molecule has 0 spiro atoms. The van der Waals surface area contributed by atoms with E-state index in [2.05, 4.69) is 41.5 Å². The Hall–Kier alpha value is 0.662. The van der Waals surface area contributed by atoms with Gasteiger partial charge < -0.3 is 1.43 Å². The smallest absolute Gasteiger partial charge is 1.00 e. The normalized spacial score (nSPS) is 11.1. The summed E-state index contributed by atoms with van der Waals surface area (Å²) in [5.74, 6) is 2.63. The van der Waals surface area contributed by atoms with Crippen LogP contribution in [0.1, 0.15) is 62.2 Å². The Balaban J connectivity index is -0.00000112. The van der Waals surface area contributed by atoms with Crippen molar-refractivity contribution in [2.24, 2.45) is 17.8 Å². The summed E-state index contributed by atoms with van der Waals surface area (Å²) >= 11 is 0. The Kier molecular flexibility index (Phi) is 13.8. The molecule has 0 aliphatic rings. The van der Waals surface area contributed by atoms with Gasteiger partial charge in [-0.25, -0.2) is 0 Å². The molecule has 0 amide bonds. The van der Waals surface area contributed by atoms with Crippen molar-refractivity contribution in [3.05, 3.63) is 0 Å². The Morgan fingerprint density at radius 2 is 0.882 bits per heavy atom. The second-order valence-electron chi connectivity index (χ2n) is 6.78. The maximum Gasteiger partial charge on any atom is 1.00 e. The van der Waals surface area contributed by atoms with E-state index >= 15 is 0 Å². The fraction of sp³-hybridized carbons (Fsp3) is 1.00. The average molecular weight is 232 g/mol. The third-order valence-corrected chi connectivity index (χ3v) is 3.46. The van der Waals surface area contributed by atoms with Gasteiger partial charge in [0, 0.05) is 0 Å². The average Bonchev–Trinajstić information content (AvgIpc) is 2.15. The molecule has 0 radical (unpaired) electrons. The summed E-state index contributed by atoms with van der Waals surface area (Å²) in [7, 11) is 0. The molecule has 0 saturated heterocycles. The zero-order valence-electron chi connectivity index (χ0n) is 14.6. The fourth-order valence-electron chi connectivity index (χ4n) is 2.14. The van der Waals surface area contributed by atoms with Crippen molar-refractivity contribution in [1.29, 1.82) is 0 Å². The molecule has 17 heavy (non-hydrogen) atoms. The molecular weight excluding hydrogens is 198 g/mol. The maximum absolute atomic E-state index is 2.35. The van der Waals surface area contributed by atoms with Gasteiger partial charge in [0.05, 0.1) is 0 Å². The summed E-state index contributed by atoms with van der Waals surface area (Å²) in [6.07, 6.45) is 8.62. The third-order valence-electron chi connectivity index (χ3n) is 3.46. The molecule has 0 rings (SSSR count).